The van der Waals surface area contributed by atoms with Gasteiger partial charge in [0.1, 0.15) is 19.8 Å². The van der Waals surface area contributed by atoms with Crippen LogP contribution in [-0.2, 0) is 11.3 Å². The topological polar surface area (TPSA) is 78.3 Å². The average Bonchev–Trinajstić information content (AvgIpc) is 3.36. The van der Waals surface area contributed by atoms with Gasteiger partial charge in [-0.15, -0.1) is 11.3 Å². The minimum absolute atomic E-state index is 0.141. The molecule has 0 saturated heterocycles. The average molecular weight is 392 g/mol. The Morgan fingerprint density at radius 2 is 2.00 bits per heavy atom. The van der Waals surface area contributed by atoms with Gasteiger partial charge in [-0.3, -0.25) is 9.78 Å². The molecule has 1 amide bonds. The predicted octanol–water partition coefficient (Wildman–Crippen LogP) is 3.57. The van der Waals surface area contributed by atoms with Crippen molar-refractivity contribution >= 4 is 34.0 Å². The maximum absolute atomic E-state index is 12.8. The fourth-order valence-electron chi connectivity index (χ4n) is 3.22. The second-order valence-corrected chi connectivity index (χ2v) is 7.17. The summed E-state index contributed by atoms with van der Waals surface area (Å²) in [5, 5.41) is 2.93. The van der Waals surface area contributed by atoms with E-state index in [1.165, 1.54) is 11.3 Å². The van der Waals surface area contributed by atoms with Crippen molar-refractivity contribution in [1.82, 2.24) is 14.5 Å². The lowest BCUT2D eigenvalue weighted by Crippen LogP contribution is -2.20. The number of nitrogens with one attached hydrogen (secondary N) is 1. The summed E-state index contributed by atoms with van der Waals surface area (Å²) in [5.74, 6) is 1.92. The maximum atomic E-state index is 12.8. The van der Waals surface area contributed by atoms with E-state index >= 15 is 0 Å². The van der Waals surface area contributed by atoms with E-state index in [9.17, 15) is 4.79 Å². The van der Waals surface area contributed by atoms with Gasteiger partial charge >= 0.3 is 0 Å². The summed E-state index contributed by atoms with van der Waals surface area (Å²) in [5.41, 5.74) is 4.17. The van der Waals surface area contributed by atoms with Crippen LogP contribution < -0.4 is 14.8 Å². The lowest BCUT2D eigenvalue weighted by atomic mass is 10.2. The van der Waals surface area contributed by atoms with E-state index in [-0.39, 0.29) is 12.5 Å². The number of anilines is 1. The van der Waals surface area contributed by atoms with Gasteiger partial charge in [-0.05, 0) is 24.3 Å². The molecule has 8 heteroatoms. The van der Waals surface area contributed by atoms with Crippen molar-refractivity contribution < 1.29 is 14.3 Å². The molecule has 7 nitrogen and oxygen atoms in total. The van der Waals surface area contributed by atoms with Gasteiger partial charge in [0.15, 0.2) is 17.3 Å². The highest BCUT2D eigenvalue weighted by molar-refractivity contribution is 7.13. The Morgan fingerprint density at radius 3 is 2.86 bits per heavy atom. The summed E-state index contributed by atoms with van der Waals surface area (Å²) in [6.07, 6.45) is 1.76. The Bertz CT molecular complexity index is 1150. The molecule has 4 aromatic rings. The number of ether oxygens (including phenoxy) is 2. The fourth-order valence-corrected chi connectivity index (χ4v) is 3.83. The van der Waals surface area contributed by atoms with Gasteiger partial charge < -0.3 is 19.4 Å². The largest absolute Gasteiger partial charge is 0.486 e. The summed E-state index contributed by atoms with van der Waals surface area (Å²) in [7, 11) is 0. The smallest absolute Gasteiger partial charge is 0.244 e. The van der Waals surface area contributed by atoms with Gasteiger partial charge in [-0.25, -0.2) is 4.98 Å². The second kappa shape index (κ2) is 6.97. The molecule has 0 spiro atoms. The maximum Gasteiger partial charge on any atom is 0.244 e. The van der Waals surface area contributed by atoms with Crippen LogP contribution in [0, 0.1) is 0 Å². The first-order valence-corrected chi connectivity index (χ1v) is 9.69. The number of benzene rings is 2. The molecule has 1 N–H and O–H groups in total. The molecule has 3 heterocycles. The van der Waals surface area contributed by atoms with Gasteiger partial charge in [-0.1, -0.05) is 12.1 Å². The number of carbonyl (C=O) groups excluding carboxylic acids is 1. The summed E-state index contributed by atoms with van der Waals surface area (Å²) in [6.45, 7) is 1.18. The number of amides is 1. The number of hydrogen-bond donors (Lipinski definition) is 1. The predicted molar refractivity (Wildman–Crippen MR) is 107 cm³/mol. The van der Waals surface area contributed by atoms with Crippen LogP contribution in [0.2, 0.25) is 0 Å². The first-order chi connectivity index (χ1) is 13.8. The molecular formula is C20H16N4O3S. The molecule has 0 radical (unpaired) electrons. The number of nitrogens with zero attached hydrogens (tertiary/aromatic N) is 3. The highest BCUT2D eigenvalue weighted by atomic mass is 32.1. The number of rotatable bonds is 4. The van der Waals surface area contributed by atoms with E-state index in [2.05, 4.69) is 15.3 Å². The van der Waals surface area contributed by atoms with Crippen molar-refractivity contribution in [3.63, 3.8) is 0 Å². The Hall–Kier alpha value is -3.39. The van der Waals surface area contributed by atoms with Crippen LogP contribution in [-0.4, -0.2) is 33.7 Å². The zero-order valence-electron chi connectivity index (χ0n) is 14.8. The van der Waals surface area contributed by atoms with Crippen LogP contribution in [0.4, 0.5) is 5.69 Å². The SMILES string of the molecule is O=C(Cn1c(-c2cncs2)nc2ccccc21)Nc1ccc2c(c1)OCCO2. The lowest BCUT2D eigenvalue weighted by molar-refractivity contribution is -0.116. The minimum Gasteiger partial charge on any atom is -0.486 e. The number of para-hydroxylation sites is 2. The molecule has 0 saturated carbocycles. The number of fused-ring (bicyclic) bond motifs is 2. The van der Waals surface area contributed by atoms with Gasteiger partial charge in [-0.2, -0.15) is 0 Å². The molecule has 1 aliphatic heterocycles. The third-order valence-corrected chi connectivity index (χ3v) is 5.20. The zero-order valence-corrected chi connectivity index (χ0v) is 15.6. The van der Waals surface area contributed by atoms with Crippen molar-refractivity contribution in [3.8, 4) is 22.2 Å². The molecule has 0 unspecified atom stereocenters. The molecule has 1 aliphatic rings. The Kier molecular flexibility index (Phi) is 4.17. The molecule has 5 rings (SSSR count). The summed E-state index contributed by atoms with van der Waals surface area (Å²) < 4.78 is 13.0. The molecule has 0 atom stereocenters. The lowest BCUT2D eigenvalue weighted by Gasteiger charge is -2.19. The highest BCUT2D eigenvalue weighted by Crippen LogP contribution is 2.33. The van der Waals surface area contributed by atoms with Crippen molar-refractivity contribution in [1.29, 1.82) is 0 Å². The fraction of sp³-hybridized carbons (Fsp3) is 0.150. The van der Waals surface area contributed by atoms with Crippen LogP contribution in [0.15, 0.2) is 54.2 Å². The van der Waals surface area contributed by atoms with E-state index in [4.69, 9.17) is 9.47 Å². The quantitative estimate of drug-likeness (QED) is 0.574. The molecule has 0 fully saturated rings. The van der Waals surface area contributed by atoms with Crippen molar-refractivity contribution in [3.05, 3.63) is 54.2 Å². The van der Waals surface area contributed by atoms with Crippen molar-refractivity contribution in [2.24, 2.45) is 0 Å². The van der Waals surface area contributed by atoms with E-state index in [1.54, 1.807) is 23.8 Å². The normalized spacial score (nSPS) is 12.9. The van der Waals surface area contributed by atoms with Gasteiger partial charge in [0, 0.05) is 18.0 Å². The zero-order chi connectivity index (χ0) is 18.9. The van der Waals surface area contributed by atoms with Crippen LogP contribution >= 0.6 is 11.3 Å². The monoisotopic (exact) mass is 392 g/mol. The van der Waals surface area contributed by atoms with Gasteiger partial charge in [0.2, 0.25) is 5.91 Å². The summed E-state index contributed by atoms with van der Waals surface area (Å²) >= 11 is 1.50. The number of thiazole rings is 1. The number of hydrogen-bond acceptors (Lipinski definition) is 6. The number of carbonyl (C=O) groups is 1. The van der Waals surface area contributed by atoms with Crippen molar-refractivity contribution in [2.45, 2.75) is 6.54 Å². The first kappa shape index (κ1) is 16.8. The Morgan fingerprint density at radius 1 is 1.14 bits per heavy atom. The molecule has 140 valence electrons. The Balaban J connectivity index is 1.43. The molecule has 28 heavy (non-hydrogen) atoms. The molecule has 0 bridgehead atoms. The van der Waals surface area contributed by atoms with Crippen LogP contribution in [0.3, 0.4) is 0 Å². The Labute approximate surface area is 164 Å². The van der Waals surface area contributed by atoms with Gasteiger partial charge in [0.25, 0.3) is 0 Å². The van der Waals surface area contributed by atoms with Crippen molar-refractivity contribution in [2.75, 3.05) is 18.5 Å². The molecule has 0 aliphatic carbocycles. The third-order valence-electron chi connectivity index (χ3n) is 4.43. The molecule has 2 aromatic heterocycles. The van der Waals surface area contributed by atoms with Crippen LogP contribution in [0.1, 0.15) is 0 Å². The van der Waals surface area contributed by atoms with E-state index in [0.717, 1.165) is 21.7 Å². The standard InChI is InChI=1S/C20H16N4O3S/c25-19(22-13-5-6-16-17(9-13)27-8-7-26-16)11-24-15-4-2-1-3-14(15)23-20(24)18-10-21-12-28-18/h1-6,9-10,12H,7-8,11H2,(H,22,25). The van der Waals surface area contributed by atoms with Gasteiger partial charge in [0.05, 0.1) is 21.4 Å². The van der Waals surface area contributed by atoms with Crippen LogP contribution in [0.25, 0.3) is 21.7 Å². The number of aromatic nitrogens is 3. The third kappa shape index (κ3) is 3.07. The van der Waals surface area contributed by atoms with E-state index < -0.39 is 0 Å². The number of imidazole rings is 1. The second-order valence-electron chi connectivity index (χ2n) is 6.28. The van der Waals surface area contributed by atoms with E-state index in [0.29, 0.717) is 30.4 Å². The van der Waals surface area contributed by atoms with E-state index in [1.807, 2.05) is 34.9 Å². The summed E-state index contributed by atoms with van der Waals surface area (Å²) in [6, 6.07) is 13.2. The molecular weight excluding hydrogens is 376 g/mol. The highest BCUT2D eigenvalue weighted by Gasteiger charge is 2.17. The first-order valence-electron chi connectivity index (χ1n) is 8.81. The summed E-state index contributed by atoms with van der Waals surface area (Å²) in [4.78, 5) is 22.5. The molecule has 2 aromatic carbocycles. The van der Waals surface area contributed by atoms with Crippen LogP contribution in [0.5, 0.6) is 11.5 Å². The minimum atomic E-state index is -0.148.